The Morgan fingerprint density at radius 1 is 1.22 bits per heavy atom. The number of hydrogen-bond donors (Lipinski definition) is 0. The van der Waals surface area contributed by atoms with Gasteiger partial charge in [0.1, 0.15) is 18.1 Å². The molecule has 1 heterocycles. The van der Waals surface area contributed by atoms with E-state index in [0.29, 0.717) is 12.3 Å². The molecule has 5 heteroatoms. The molecule has 0 unspecified atom stereocenters. The molecule has 0 spiro atoms. The summed E-state index contributed by atoms with van der Waals surface area (Å²) in [5, 5.41) is 8.03. The first-order chi connectivity index (χ1) is 11.3. The van der Waals surface area contributed by atoms with E-state index in [1.807, 2.05) is 18.2 Å². The molecule has 0 saturated heterocycles. The zero-order chi connectivity index (χ0) is 16.5. The molecule has 0 N–H and O–H groups in total. The van der Waals surface area contributed by atoms with Crippen molar-refractivity contribution in [1.82, 2.24) is 15.0 Å². The first kappa shape index (κ1) is 17.2. The van der Waals surface area contributed by atoms with E-state index >= 15 is 0 Å². The SMILES string of the molecule is CCCCCCn1nnc(C=O)c1COc1cccc(CC)c1. The van der Waals surface area contributed by atoms with Gasteiger partial charge in [0.25, 0.3) is 0 Å². The summed E-state index contributed by atoms with van der Waals surface area (Å²) in [6, 6.07) is 8.00. The monoisotopic (exact) mass is 315 g/mol. The number of aryl methyl sites for hydroxylation is 2. The van der Waals surface area contributed by atoms with E-state index in [0.717, 1.165) is 43.5 Å². The molecule has 2 rings (SSSR count). The molecule has 0 fully saturated rings. The Morgan fingerprint density at radius 2 is 2.09 bits per heavy atom. The third-order valence-corrected chi connectivity index (χ3v) is 3.89. The maximum absolute atomic E-state index is 11.2. The van der Waals surface area contributed by atoms with Gasteiger partial charge >= 0.3 is 0 Å². The van der Waals surface area contributed by atoms with Crippen LogP contribution in [0.5, 0.6) is 5.75 Å². The summed E-state index contributed by atoms with van der Waals surface area (Å²) < 4.78 is 7.64. The zero-order valence-corrected chi connectivity index (χ0v) is 14.0. The number of carbonyl (C=O) groups excluding carboxylic acids is 1. The third-order valence-electron chi connectivity index (χ3n) is 3.89. The highest BCUT2D eigenvalue weighted by Crippen LogP contribution is 2.16. The number of carbonyl (C=O) groups is 1. The summed E-state index contributed by atoms with van der Waals surface area (Å²) in [6.07, 6.45) is 6.31. The lowest BCUT2D eigenvalue weighted by molar-refractivity contribution is 0.111. The summed E-state index contributed by atoms with van der Waals surface area (Å²) >= 11 is 0. The van der Waals surface area contributed by atoms with E-state index in [2.05, 4.69) is 30.2 Å². The summed E-state index contributed by atoms with van der Waals surface area (Å²) in [5.74, 6) is 0.805. The first-order valence-corrected chi connectivity index (χ1v) is 8.37. The molecule has 0 aliphatic heterocycles. The van der Waals surface area contributed by atoms with E-state index < -0.39 is 0 Å². The number of aromatic nitrogens is 3. The maximum atomic E-state index is 11.2. The lowest BCUT2D eigenvalue weighted by atomic mass is 10.2. The number of benzene rings is 1. The number of hydrogen-bond acceptors (Lipinski definition) is 4. The summed E-state index contributed by atoms with van der Waals surface area (Å²) in [5.41, 5.74) is 2.34. The smallest absolute Gasteiger partial charge is 0.172 e. The Kier molecular flexibility index (Phi) is 6.78. The fraction of sp³-hybridized carbons (Fsp3) is 0.500. The van der Waals surface area contributed by atoms with Crippen molar-refractivity contribution in [2.75, 3.05) is 0 Å². The quantitative estimate of drug-likeness (QED) is 0.494. The Labute approximate surface area is 137 Å². The highest BCUT2D eigenvalue weighted by molar-refractivity contribution is 5.73. The van der Waals surface area contributed by atoms with Crippen LogP contribution < -0.4 is 4.74 Å². The standard InChI is InChI=1S/C18H25N3O2/c1-3-5-6-7-11-21-18(17(13-22)19-20-21)14-23-16-10-8-9-15(4-2)12-16/h8-10,12-13H,3-7,11,14H2,1-2H3. The largest absolute Gasteiger partial charge is 0.487 e. The van der Waals surface area contributed by atoms with E-state index in [-0.39, 0.29) is 0 Å². The van der Waals surface area contributed by atoms with Crippen LogP contribution in [0.3, 0.4) is 0 Å². The predicted molar refractivity (Wildman–Crippen MR) is 89.7 cm³/mol. The number of ether oxygens (including phenoxy) is 1. The van der Waals surface area contributed by atoms with Crippen LogP contribution in [0, 0.1) is 0 Å². The normalized spacial score (nSPS) is 10.7. The van der Waals surface area contributed by atoms with Crippen molar-refractivity contribution in [2.45, 2.75) is 59.1 Å². The van der Waals surface area contributed by atoms with Crippen LogP contribution in [0.1, 0.15) is 61.3 Å². The Bertz CT molecular complexity index is 622. The topological polar surface area (TPSA) is 57.0 Å². The Hall–Kier alpha value is -2.17. The maximum Gasteiger partial charge on any atom is 0.172 e. The molecule has 124 valence electrons. The fourth-order valence-corrected chi connectivity index (χ4v) is 2.46. The van der Waals surface area contributed by atoms with Crippen molar-refractivity contribution >= 4 is 6.29 Å². The van der Waals surface area contributed by atoms with E-state index in [1.54, 1.807) is 4.68 Å². The second-order valence-corrected chi connectivity index (χ2v) is 5.61. The molecular formula is C18H25N3O2. The number of rotatable bonds is 10. The second kappa shape index (κ2) is 9.08. The summed E-state index contributed by atoms with van der Waals surface area (Å²) in [7, 11) is 0. The van der Waals surface area contributed by atoms with Crippen LogP contribution in [-0.4, -0.2) is 21.3 Å². The van der Waals surface area contributed by atoms with Crippen molar-refractivity contribution < 1.29 is 9.53 Å². The van der Waals surface area contributed by atoms with Gasteiger partial charge < -0.3 is 4.74 Å². The molecule has 23 heavy (non-hydrogen) atoms. The van der Waals surface area contributed by atoms with Gasteiger partial charge in [0, 0.05) is 6.54 Å². The minimum absolute atomic E-state index is 0.308. The van der Waals surface area contributed by atoms with Crippen LogP contribution in [0.4, 0.5) is 0 Å². The number of aldehydes is 1. The van der Waals surface area contributed by atoms with Crippen LogP contribution in [0.25, 0.3) is 0 Å². The highest BCUT2D eigenvalue weighted by atomic mass is 16.5. The average Bonchev–Trinajstić information content (AvgIpc) is 2.99. The van der Waals surface area contributed by atoms with Crippen LogP contribution in [0.2, 0.25) is 0 Å². The first-order valence-electron chi connectivity index (χ1n) is 8.37. The van der Waals surface area contributed by atoms with Gasteiger partial charge in [-0.1, -0.05) is 50.5 Å². The van der Waals surface area contributed by atoms with Gasteiger partial charge in [0.2, 0.25) is 0 Å². The van der Waals surface area contributed by atoms with Crippen molar-refractivity contribution in [1.29, 1.82) is 0 Å². The molecule has 0 atom stereocenters. The van der Waals surface area contributed by atoms with Crippen molar-refractivity contribution in [3.63, 3.8) is 0 Å². The summed E-state index contributed by atoms with van der Waals surface area (Å²) in [4.78, 5) is 11.2. The van der Waals surface area contributed by atoms with Crippen LogP contribution in [-0.2, 0) is 19.6 Å². The lowest BCUT2D eigenvalue weighted by Crippen LogP contribution is -2.09. The fourth-order valence-electron chi connectivity index (χ4n) is 2.46. The van der Waals surface area contributed by atoms with Crippen LogP contribution in [0.15, 0.2) is 24.3 Å². The van der Waals surface area contributed by atoms with E-state index in [9.17, 15) is 4.79 Å². The molecule has 1 aromatic carbocycles. The van der Waals surface area contributed by atoms with Crippen molar-refractivity contribution in [2.24, 2.45) is 0 Å². The zero-order valence-electron chi connectivity index (χ0n) is 14.0. The molecule has 1 aromatic heterocycles. The van der Waals surface area contributed by atoms with Gasteiger partial charge in [0.05, 0.1) is 0 Å². The minimum atomic E-state index is 0.308. The molecule has 0 bridgehead atoms. The third kappa shape index (κ3) is 4.91. The van der Waals surface area contributed by atoms with Gasteiger partial charge in [-0.25, -0.2) is 4.68 Å². The highest BCUT2D eigenvalue weighted by Gasteiger charge is 2.13. The van der Waals surface area contributed by atoms with Crippen molar-refractivity contribution in [3.05, 3.63) is 41.2 Å². The molecule has 0 aliphatic carbocycles. The average molecular weight is 315 g/mol. The Balaban J connectivity index is 2.02. The van der Waals surface area contributed by atoms with Gasteiger partial charge in [-0.05, 0) is 30.5 Å². The molecule has 0 aliphatic rings. The van der Waals surface area contributed by atoms with E-state index in [4.69, 9.17) is 4.74 Å². The van der Waals surface area contributed by atoms with E-state index in [1.165, 1.54) is 18.4 Å². The van der Waals surface area contributed by atoms with Gasteiger partial charge in [0.15, 0.2) is 12.0 Å². The van der Waals surface area contributed by atoms with Gasteiger partial charge in [-0.3, -0.25) is 4.79 Å². The molecular weight excluding hydrogens is 290 g/mol. The predicted octanol–water partition coefficient (Wildman–Crippen LogP) is 3.81. The molecule has 5 nitrogen and oxygen atoms in total. The Morgan fingerprint density at radius 3 is 2.83 bits per heavy atom. The van der Waals surface area contributed by atoms with Crippen LogP contribution >= 0.6 is 0 Å². The van der Waals surface area contributed by atoms with Gasteiger partial charge in [-0.15, -0.1) is 5.10 Å². The molecule has 0 amide bonds. The molecule has 0 saturated carbocycles. The van der Waals surface area contributed by atoms with Gasteiger partial charge in [-0.2, -0.15) is 0 Å². The molecule has 2 aromatic rings. The number of unbranched alkanes of at least 4 members (excludes halogenated alkanes) is 3. The number of nitrogens with zero attached hydrogens (tertiary/aromatic N) is 3. The van der Waals surface area contributed by atoms with Crippen molar-refractivity contribution in [3.8, 4) is 5.75 Å². The second-order valence-electron chi connectivity index (χ2n) is 5.61. The summed E-state index contributed by atoms with van der Waals surface area (Å²) in [6.45, 7) is 5.37. The molecule has 0 radical (unpaired) electrons. The minimum Gasteiger partial charge on any atom is -0.487 e. The lowest BCUT2D eigenvalue weighted by Gasteiger charge is -2.10.